The van der Waals surface area contributed by atoms with Gasteiger partial charge in [0.2, 0.25) is 0 Å². The fraction of sp³-hybridized carbons (Fsp3) is 0. The van der Waals surface area contributed by atoms with Gasteiger partial charge >= 0.3 is 0 Å². The van der Waals surface area contributed by atoms with Crippen LogP contribution in [0.2, 0.25) is 0 Å². The van der Waals surface area contributed by atoms with Gasteiger partial charge in [-0.15, -0.1) is 0 Å². The van der Waals surface area contributed by atoms with Gasteiger partial charge in [-0.05, 0) is 120 Å². The molecule has 0 unspecified atom stereocenters. The zero-order valence-corrected chi connectivity index (χ0v) is 45.7. The molecule has 0 saturated carbocycles. The number of anilines is 6. The molecule has 0 atom stereocenters. The first-order chi connectivity index (χ1) is 41.7. The molecule has 17 rings (SSSR count). The molecule has 0 saturated heterocycles. The Bertz CT molecular complexity index is 4320. The molecule has 0 N–H and O–H groups in total. The molecule has 0 aliphatic carbocycles. The lowest BCUT2D eigenvalue weighted by atomic mass is 9.30. The Morgan fingerprint density at radius 3 is 0.869 bits per heavy atom. The molecule has 13 aromatic rings. The van der Waals surface area contributed by atoms with Gasteiger partial charge in [0.15, 0.2) is 0 Å². The number of hydrogen-bond donors (Lipinski definition) is 0. The van der Waals surface area contributed by atoms with Gasteiger partial charge < -0.3 is 19.3 Å². The molecule has 4 heterocycles. The van der Waals surface area contributed by atoms with Crippen LogP contribution in [-0.4, -0.2) is 13.4 Å². The van der Waals surface area contributed by atoms with E-state index >= 15 is 0 Å². The second-order valence-corrected chi connectivity index (χ2v) is 22.2. The molecule has 0 bridgehead atoms. The molecule has 13 aromatic carbocycles. The Kier molecular flexibility index (Phi) is 11.1. The van der Waals surface area contributed by atoms with E-state index in [0.29, 0.717) is 0 Å². The first-order valence-electron chi connectivity index (χ1n) is 29.0. The third kappa shape index (κ3) is 7.57. The second kappa shape index (κ2) is 19.4. The maximum absolute atomic E-state index is 7.27. The minimum atomic E-state index is -0.202. The summed E-state index contributed by atoms with van der Waals surface area (Å²) in [5, 5.41) is 0. The van der Waals surface area contributed by atoms with Crippen molar-refractivity contribution in [3.63, 3.8) is 0 Å². The first-order valence-corrected chi connectivity index (χ1v) is 29.0. The van der Waals surface area contributed by atoms with Gasteiger partial charge in [-0.1, -0.05) is 261 Å². The zero-order valence-electron chi connectivity index (χ0n) is 45.7. The first kappa shape index (κ1) is 47.9. The lowest BCUT2D eigenvalue weighted by Gasteiger charge is -2.45. The molecule has 0 radical (unpaired) electrons. The maximum Gasteiger partial charge on any atom is 0.256 e. The summed E-state index contributed by atoms with van der Waals surface area (Å²) in [5.74, 6) is 3.43. The number of fused-ring (bicyclic) bond motifs is 8. The Morgan fingerprint density at radius 2 is 0.524 bits per heavy atom. The van der Waals surface area contributed by atoms with Crippen LogP contribution in [0.4, 0.5) is 34.1 Å². The van der Waals surface area contributed by atoms with Crippen molar-refractivity contribution in [1.29, 1.82) is 0 Å². The monoisotopic (exact) mass is 1070 g/mol. The van der Waals surface area contributed by atoms with E-state index in [1.807, 2.05) is 0 Å². The summed E-state index contributed by atoms with van der Waals surface area (Å²) >= 11 is 0. The number of ether oxygens (including phenoxy) is 2. The highest BCUT2D eigenvalue weighted by Gasteiger charge is 2.48. The largest absolute Gasteiger partial charge is 0.458 e. The molecule has 0 aromatic heterocycles. The SMILES string of the molecule is c1ccc(-c2cc3c4c(c2)N(c2c(-c5ccccc5)cccc2-c2ccccc2)c2cc5c(cc2B4c2ccccc2O3)B2c3ccccc3Oc3cc(-c4ccccc4)cc(c32)N5c2c(-c3ccccc3)cccc2-c2ccccc2)cc1. The van der Waals surface area contributed by atoms with Crippen LogP contribution in [0.15, 0.2) is 303 Å². The average molecular weight is 1070 g/mol. The summed E-state index contributed by atoms with van der Waals surface area (Å²) < 4.78 is 14.5. The molecule has 0 spiro atoms. The fourth-order valence-corrected chi connectivity index (χ4v) is 13.9. The third-order valence-corrected chi connectivity index (χ3v) is 17.6. The van der Waals surface area contributed by atoms with Crippen molar-refractivity contribution in [3.8, 4) is 89.8 Å². The summed E-state index contributed by atoms with van der Waals surface area (Å²) in [5.41, 5.74) is 26.8. The van der Waals surface area contributed by atoms with Crippen LogP contribution in [-0.2, 0) is 0 Å². The molecule has 390 valence electrons. The van der Waals surface area contributed by atoms with E-state index in [1.54, 1.807) is 0 Å². The van der Waals surface area contributed by atoms with Crippen molar-refractivity contribution in [2.75, 3.05) is 9.80 Å². The minimum absolute atomic E-state index is 0.202. The molecule has 4 aliphatic rings. The van der Waals surface area contributed by atoms with E-state index in [9.17, 15) is 0 Å². The maximum atomic E-state index is 7.27. The minimum Gasteiger partial charge on any atom is -0.458 e. The van der Waals surface area contributed by atoms with E-state index < -0.39 is 0 Å². The van der Waals surface area contributed by atoms with Gasteiger partial charge in [-0.2, -0.15) is 0 Å². The quantitative estimate of drug-likeness (QED) is 0.142. The normalized spacial score (nSPS) is 12.9. The average Bonchev–Trinajstić information content (AvgIpc) is 1.88. The summed E-state index contributed by atoms with van der Waals surface area (Å²) in [6.07, 6.45) is 0. The zero-order chi connectivity index (χ0) is 55.2. The molecule has 84 heavy (non-hydrogen) atoms. The van der Waals surface area contributed by atoms with Crippen LogP contribution < -0.4 is 52.1 Å². The van der Waals surface area contributed by atoms with E-state index in [1.165, 1.54) is 10.9 Å². The van der Waals surface area contributed by atoms with Gasteiger partial charge in [-0.25, -0.2) is 0 Å². The summed E-state index contributed by atoms with van der Waals surface area (Å²) in [6.45, 7) is -0.404. The van der Waals surface area contributed by atoms with Crippen molar-refractivity contribution in [1.82, 2.24) is 0 Å². The van der Waals surface area contributed by atoms with Crippen molar-refractivity contribution >= 4 is 80.3 Å². The topological polar surface area (TPSA) is 24.9 Å². The summed E-state index contributed by atoms with van der Waals surface area (Å²) in [4.78, 5) is 5.22. The molecule has 0 fully saturated rings. The second-order valence-electron chi connectivity index (χ2n) is 22.2. The van der Waals surface area contributed by atoms with Crippen LogP contribution in [0, 0.1) is 0 Å². The summed E-state index contributed by atoms with van der Waals surface area (Å²) in [7, 11) is 0. The fourth-order valence-electron chi connectivity index (χ4n) is 13.9. The number of nitrogens with zero attached hydrogens (tertiary/aromatic N) is 2. The number of hydrogen-bond acceptors (Lipinski definition) is 4. The molecular formula is C78H50B2N2O2. The van der Waals surface area contributed by atoms with E-state index in [0.717, 1.165) is 146 Å². The van der Waals surface area contributed by atoms with Gasteiger partial charge in [0.25, 0.3) is 13.4 Å². The highest BCUT2D eigenvalue weighted by Crippen LogP contribution is 2.54. The molecule has 4 aliphatic heterocycles. The molecule has 0 amide bonds. The van der Waals surface area contributed by atoms with Gasteiger partial charge in [-0.3, -0.25) is 0 Å². The van der Waals surface area contributed by atoms with Crippen LogP contribution in [0.25, 0.3) is 66.8 Å². The van der Waals surface area contributed by atoms with Crippen LogP contribution >= 0.6 is 0 Å². The molecular weight excluding hydrogens is 1020 g/mol. The molecule has 4 nitrogen and oxygen atoms in total. The van der Waals surface area contributed by atoms with Crippen molar-refractivity contribution in [2.45, 2.75) is 0 Å². The highest BCUT2D eigenvalue weighted by molar-refractivity contribution is 7.02. The number of rotatable bonds is 8. The van der Waals surface area contributed by atoms with Gasteiger partial charge in [0, 0.05) is 45.0 Å². The van der Waals surface area contributed by atoms with E-state index in [-0.39, 0.29) is 13.4 Å². The predicted molar refractivity (Wildman–Crippen MR) is 351 cm³/mol. The Labute approximate surface area is 489 Å². The molecule has 6 heteroatoms. The van der Waals surface area contributed by atoms with Crippen molar-refractivity contribution < 1.29 is 9.47 Å². The van der Waals surface area contributed by atoms with Gasteiger partial charge in [0.1, 0.15) is 23.0 Å². The highest BCUT2D eigenvalue weighted by atomic mass is 16.5. The predicted octanol–water partition coefficient (Wildman–Crippen LogP) is 16.5. The van der Waals surface area contributed by atoms with Crippen molar-refractivity contribution in [2.24, 2.45) is 0 Å². The van der Waals surface area contributed by atoms with Crippen LogP contribution in [0.1, 0.15) is 0 Å². The van der Waals surface area contributed by atoms with E-state index in [2.05, 4.69) is 313 Å². The Hall–Kier alpha value is -10.8. The van der Waals surface area contributed by atoms with Crippen molar-refractivity contribution in [3.05, 3.63) is 303 Å². The Morgan fingerprint density at radius 1 is 0.214 bits per heavy atom. The van der Waals surface area contributed by atoms with Gasteiger partial charge in [0.05, 0.1) is 11.4 Å². The lowest BCUT2D eigenvalue weighted by Crippen LogP contribution is -2.63. The Balaban J connectivity index is 1.06. The van der Waals surface area contributed by atoms with Crippen LogP contribution in [0.3, 0.4) is 0 Å². The van der Waals surface area contributed by atoms with Crippen LogP contribution in [0.5, 0.6) is 23.0 Å². The number of benzene rings is 13. The summed E-state index contributed by atoms with van der Waals surface area (Å²) in [6, 6.07) is 111. The van der Waals surface area contributed by atoms with E-state index in [4.69, 9.17) is 9.47 Å². The third-order valence-electron chi connectivity index (χ3n) is 17.6. The standard InChI is InChI=1S/C78H50B2N2O2/c1-7-25-51(26-8-1)57-45-69-75-73(47-57)83-71-43-21-19-41-63(71)79(75)65-49-66-68(50-67(65)81(69)77-59(53-29-11-3-12-30-53)37-23-38-60(77)54-31-13-4-14-32-54)82(78-61(55-33-15-5-16-34-55)39-24-40-62(78)56-35-17-6-18-36-56)70-46-58(52-27-9-2-10-28-52)48-74-76(70)80(66)64-42-20-22-44-72(64)84-74/h1-50H. The number of para-hydroxylation sites is 4. The smallest absolute Gasteiger partial charge is 0.256 e. The lowest BCUT2D eigenvalue weighted by molar-refractivity contribution is 0.487.